The molecule has 0 aromatic rings. The van der Waals surface area contributed by atoms with Crippen molar-refractivity contribution >= 4 is 17.6 Å². The highest BCUT2D eigenvalue weighted by Gasteiger charge is 2.63. The minimum absolute atomic E-state index is 0.0473. The second-order valence-corrected chi connectivity index (χ2v) is 11.7. The van der Waals surface area contributed by atoms with Crippen LogP contribution in [0.5, 0.6) is 0 Å². The van der Waals surface area contributed by atoms with Crippen LogP contribution in [0.4, 0.5) is 0 Å². The van der Waals surface area contributed by atoms with E-state index < -0.39 is 0 Å². The summed E-state index contributed by atoms with van der Waals surface area (Å²) >= 11 is 5.51. The van der Waals surface area contributed by atoms with Gasteiger partial charge in [-0.3, -0.25) is 4.79 Å². The molecule has 30 heavy (non-hydrogen) atoms. The van der Waals surface area contributed by atoms with E-state index in [4.69, 9.17) is 16.3 Å². The largest absolute Gasteiger partial charge is 0.449 e. The van der Waals surface area contributed by atoms with Crippen LogP contribution in [0.3, 0.4) is 0 Å². The fraction of sp³-hybridized carbons (Fsp3) is 0.960. The zero-order chi connectivity index (χ0) is 21.7. The molecule has 0 saturated heterocycles. The highest BCUT2D eigenvalue weighted by atomic mass is 35.5. The van der Waals surface area contributed by atoms with Gasteiger partial charge in [0.05, 0.1) is 12.2 Å². The molecule has 0 heterocycles. The van der Waals surface area contributed by atoms with Crippen LogP contribution in [0.25, 0.3) is 0 Å². The van der Waals surface area contributed by atoms with Gasteiger partial charge in [-0.15, -0.1) is 0 Å². The predicted octanol–water partition coefficient (Wildman–Crippen LogP) is 5.13. The number of hydrogen-bond acceptors (Lipinski definition) is 4. The number of alkyl halides is 1. The van der Waals surface area contributed by atoms with Crippen molar-refractivity contribution in [1.82, 2.24) is 0 Å². The van der Waals surface area contributed by atoms with Crippen LogP contribution in [0, 0.1) is 46.3 Å². The number of carbonyl (C=O) groups excluding carboxylic acids is 1. The summed E-state index contributed by atoms with van der Waals surface area (Å²) in [6.45, 7) is 7.07. The summed E-state index contributed by atoms with van der Waals surface area (Å²) in [5.41, 5.74) is 0.230. The van der Waals surface area contributed by atoms with E-state index in [2.05, 4.69) is 20.8 Å². The Bertz CT molecular complexity index is 641. The Labute approximate surface area is 187 Å². The lowest BCUT2D eigenvalue weighted by Gasteiger charge is -2.62. The lowest BCUT2D eigenvalue weighted by molar-refractivity contribution is -0.175. The zero-order valence-electron chi connectivity index (χ0n) is 19.0. The van der Waals surface area contributed by atoms with Gasteiger partial charge in [-0.25, -0.2) is 0 Å². The first-order chi connectivity index (χ1) is 14.2. The molecule has 172 valence electrons. The minimum atomic E-state index is -0.268. The van der Waals surface area contributed by atoms with Crippen LogP contribution >= 0.6 is 11.6 Å². The molecule has 4 fully saturated rings. The molecule has 0 aromatic heterocycles. The van der Waals surface area contributed by atoms with Crippen molar-refractivity contribution in [3.05, 3.63) is 0 Å². The van der Waals surface area contributed by atoms with Gasteiger partial charge in [0.25, 0.3) is 0 Å². The van der Waals surface area contributed by atoms with Gasteiger partial charge < -0.3 is 14.9 Å². The van der Waals surface area contributed by atoms with Crippen LogP contribution in [-0.4, -0.2) is 34.5 Å². The number of ether oxygens (including phenoxy) is 1. The number of rotatable bonds is 5. The molecule has 4 rings (SSSR count). The third-order valence-electron chi connectivity index (χ3n) is 10.5. The lowest BCUT2D eigenvalue weighted by Crippen LogP contribution is -2.58. The maximum Gasteiger partial charge on any atom is 0.306 e. The summed E-state index contributed by atoms with van der Waals surface area (Å²) in [5, 5.41) is 21.8. The van der Waals surface area contributed by atoms with E-state index in [1.54, 1.807) is 0 Å². The van der Waals surface area contributed by atoms with Crippen LogP contribution in [-0.2, 0) is 9.53 Å². The Morgan fingerprint density at radius 1 is 1.10 bits per heavy atom. The number of aliphatic hydroxyl groups excluding tert-OH is 2. The van der Waals surface area contributed by atoms with Crippen molar-refractivity contribution in [2.24, 2.45) is 46.3 Å². The second kappa shape index (κ2) is 8.56. The molecule has 0 amide bonds. The highest BCUT2D eigenvalue weighted by molar-refractivity contribution is 6.17. The Hall–Kier alpha value is -0.320. The van der Waals surface area contributed by atoms with Gasteiger partial charge in [0.15, 0.2) is 6.07 Å². The van der Waals surface area contributed by atoms with Gasteiger partial charge in [-0.1, -0.05) is 32.4 Å². The van der Waals surface area contributed by atoms with Crippen molar-refractivity contribution in [2.75, 3.05) is 6.07 Å². The predicted molar refractivity (Wildman–Crippen MR) is 118 cm³/mol. The molecular formula is C25H41ClO4. The molecule has 5 heteroatoms. The first-order valence-corrected chi connectivity index (χ1v) is 12.8. The monoisotopic (exact) mass is 440 g/mol. The molecule has 4 nitrogen and oxygen atoms in total. The van der Waals surface area contributed by atoms with Crippen LogP contribution in [0.15, 0.2) is 0 Å². The minimum Gasteiger partial charge on any atom is -0.449 e. The Morgan fingerprint density at radius 3 is 2.60 bits per heavy atom. The van der Waals surface area contributed by atoms with Gasteiger partial charge in [0.1, 0.15) is 0 Å². The molecule has 0 radical (unpaired) electrons. The Morgan fingerprint density at radius 2 is 1.87 bits per heavy atom. The van der Waals surface area contributed by atoms with E-state index in [0.717, 1.165) is 38.5 Å². The van der Waals surface area contributed by atoms with Gasteiger partial charge >= 0.3 is 5.97 Å². The molecule has 10 atom stereocenters. The summed E-state index contributed by atoms with van der Waals surface area (Å²) < 4.78 is 4.91. The van der Waals surface area contributed by atoms with Crippen LogP contribution in [0.2, 0.25) is 0 Å². The van der Waals surface area contributed by atoms with Gasteiger partial charge in [-0.2, -0.15) is 0 Å². The van der Waals surface area contributed by atoms with Crippen molar-refractivity contribution in [1.29, 1.82) is 0 Å². The van der Waals surface area contributed by atoms with E-state index in [0.29, 0.717) is 41.9 Å². The van der Waals surface area contributed by atoms with E-state index >= 15 is 0 Å². The zero-order valence-corrected chi connectivity index (χ0v) is 19.7. The number of esters is 1. The molecule has 0 aromatic carbocycles. The molecule has 4 aliphatic carbocycles. The maximum atomic E-state index is 11.8. The molecule has 0 spiro atoms. The lowest BCUT2D eigenvalue weighted by atomic mass is 9.43. The van der Waals surface area contributed by atoms with Crippen molar-refractivity contribution in [2.45, 2.75) is 97.2 Å². The smallest absolute Gasteiger partial charge is 0.306 e. The third-order valence-corrected chi connectivity index (χ3v) is 10.6. The molecular weight excluding hydrogens is 400 g/mol. The number of carbonyl (C=O) groups is 1. The Balaban J connectivity index is 1.50. The third kappa shape index (κ3) is 3.63. The molecule has 4 unspecified atom stereocenters. The van der Waals surface area contributed by atoms with E-state index in [9.17, 15) is 15.0 Å². The van der Waals surface area contributed by atoms with Crippen molar-refractivity contribution in [3.8, 4) is 0 Å². The van der Waals surface area contributed by atoms with Gasteiger partial charge in [-0.05, 0) is 104 Å². The Kier molecular flexibility index (Phi) is 6.52. The summed E-state index contributed by atoms with van der Waals surface area (Å²) in [4.78, 5) is 11.8. The molecule has 4 aliphatic rings. The number of halogens is 1. The SMILES string of the molecule is C[C@H](CCC(=O)OCCl)C1CCC2C3CC[C@@H]4C[C@H](O)CC[C@]4(C)C3C[C@H](O)[C@@]21C. The van der Waals surface area contributed by atoms with E-state index in [-0.39, 0.29) is 35.1 Å². The topological polar surface area (TPSA) is 66.8 Å². The van der Waals surface area contributed by atoms with Gasteiger partial charge in [0.2, 0.25) is 0 Å². The normalized spacial score (nSPS) is 48.9. The summed E-state index contributed by atoms with van der Waals surface area (Å²) in [5.74, 6) is 3.12. The summed E-state index contributed by atoms with van der Waals surface area (Å²) in [6, 6.07) is -0.0744. The summed E-state index contributed by atoms with van der Waals surface area (Å²) in [7, 11) is 0. The van der Waals surface area contributed by atoms with Crippen LogP contribution < -0.4 is 0 Å². The number of fused-ring (bicyclic) bond motifs is 5. The standard InChI is InChI=1S/C25H41ClO4/c1-15(4-9-23(29)30-14-26)19-7-8-20-18-6-5-16-12-17(27)10-11-24(16,2)21(18)13-22(28)25(19,20)3/h15-22,27-28H,4-14H2,1-3H3/t15-,16-,17-,18?,19?,20?,21?,22+,24+,25-/m1/s1. The summed E-state index contributed by atoms with van der Waals surface area (Å²) in [6.07, 6.45) is 9.59. The molecule has 0 bridgehead atoms. The fourth-order valence-corrected chi connectivity index (χ4v) is 8.96. The number of aliphatic hydroxyl groups is 2. The van der Waals surface area contributed by atoms with Gasteiger partial charge in [0, 0.05) is 6.42 Å². The van der Waals surface area contributed by atoms with Crippen LogP contribution in [0.1, 0.15) is 85.0 Å². The quantitative estimate of drug-likeness (QED) is 0.459. The maximum absolute atomic E-state index is 11.8. The van der Waals surface area contributed by atoms with E-state index in [1.807, 2.05) is 0 Å². The van der Waals surface area contributed by atoms with E-state index in [1.165, 1.54) is 19.3 Å². The molecule has 2 N–H and O–H groups in total. The fourth-order valence-electron chi connectivity index (χ4n) is 8.84. The molecule has 0 aliphatic heterocycles. The first kappa shape index (κ1) is 22.9. The second-order valence-electron chi connectivity index (χ2n) is 11.5. The highest BCUT2D eigenvalue weighted by Crippen LogP contribution is 2.68. The van der Waals surface area contributed by atoms with Crippen molar-refractivity contribution < 1.29 is 19.7 Å². The average molecular weight is 441 g/mol. The average Bonchev–Trinajstić information content (AvgIpc) is 3.07. The number of hydrogen-bond donors (Lipinski definition) is 2. The molecule has 4 saturated carbocycles. The van der Waals surface area contributed by atoms with Crippen molar-refractivity contribution in [3.63, 3.8) is 0 Å². The first-order valence-electron chi connectivity index (χ1n) is 12.3.